The van der Waals surface area contributed by atoms with Crippen LogP contribution in [0, 0.1) is 12.3 Å². The molecule has 0 atom stereocenters. The minimum Gasteiger partial charge on any atom is -0.481 e. The number of nitrogens with zero attached hydrogens (tertiary/aromatic N) is 2. The first-order valence-corrected chi connectivity index (χ1v) is 7.21. The molecule has 1 heterocycles. The monoisotopic (exact) mass is 296 g/mol. The first-order chi connectivity index (χ1) is 9.44. The second-order valence-corrected chi connectivity index (χ2v) is 6.02. The van der Waals surface area contributed by atoms with Gasteiger partial charge in [-0.05, 0) is 31.2 Å². The van der Waals surface area contributed by atoms with Gasteiger partial charge in [0.1, 0.15) is 5.03 Å². The van der Waals surface area contributed by atoms with E-state index in [1.165, 1.54) is 18.9 Å². The van der Waals surface area contributed by atoms with E-state index in [-0.39, 0.29) is 17.7 Å². The topological polar surface area (TPSA) is 89.4 Å². The normalized spacial score (nSPS) is 15.7. The smallest absolute Gasteiger partial charge is 0.376 e. The van der Waals surface area contributed by atoms with E-state index in [1.807, 2.05) is 0 Å². The van der Waals surface area contributed by atoms with E-state index in [9.17, 15) is 9.59 Å². The van der Waals surface area contributed by atoms with E-state index in [1.54, 1.807) is 13.0 Å². The van der Waals surface area contributed by atoms with Gasteiger partial charge in [0, 0.05) is 11.4 Å². The summed E-state index contributed by atoms with van der Waals surface area (Å²) in [5.41, 5.74) is 0.576. The molecule has 0 bridgehead atoms. The molecule has 1 fully saturated rings. The molecule has 1 aliphatic carbocycles. The van der Waals surface area contributed by atoms with Crippen LogP contribution in [-0.4, -0.2) is 39.9 Å². The van der Waals surface area contributed by atoms with Crippen LogP contribution >= 0.6 is 11.8 Å². The van der Waals surface area contributed by atoms with Crippen LogP contribution in [-0.2, 0) is 9.53 Å². The van der Waals surface area contributed by atoms with Crippen LogP contribution < -0.4 is 0 Å². The Morgan fingerprint density at radius 3 is 2.70 bits per heavy atom. The third kappa shape index (κ3) is 3.69. The lowest BCUT2D eigenvalue weighted by Crippen LogP contribution is -2.12. The van der Waals surface area contributed by atoms with Crippen molar-refractivity contribution in [3.8, 4) is 0 Å². The Balaban J connectivity index is 2.04. The molecule has 2 rings (SSSR count). The van der Waals surface area contributed by atoms with Gasteiger partial charge in [0.05, 0.1) is 13.5 Å². The number of thioether (sulfide) groups is 1. The molecule has 6 nitrogen and oxygen atoms in total. The Kier molecular flexibility index (Phi) is 4.27. The van der Waals surface area contributed by atoms with Crippen molar-refractivity contribution >= 4 is 23.7 Å². The van der Waals surface area contributed by atoms with E-state index in [0.717, 1.165) is 12.8 Å². The van der Waals surface area contributed by atoms with Gasteiger partial charge in [-0.25, -0.2) is 14.8 Å². The molecule has 0 aromatic carbocycles. The fraction of sp³-hybridized carbons (Fsp3) is 0.538. The predicted molar refractivity (Wildman–Crippen MR) is 72.8 cm³/mol. The molecule has 1 aromatic heterocycles. The number of carboxylic acid groups (broad SMARTS) is 1. The summed E-state index contributed by atoms with van der Waals surface area (Å²) in [4.78, 5) is 30.4. The lowest BCUT2D eigenvalue weighted by Gasteiger charge is -2.11. The molecule has 1 aromatic rings. The van der Waals surface area contributed by atoms with Crippen molar-refractivity contribution in [3.63, 3.8) is 0 Å². The van der Waals surface area contributed by atoms with Crippen molar-refractivity contribution in [3.05, 3.63) is 17.6 Å². The molecule has 108 valence electrons. The van der Waals surface area contributed by atoms with Crippen LogP contribution in [0.15, 0.2) is 11.1 Å². The van der Waals surface area contributed by atoms with Crippen LogP contribution in [0.5, 0.6) is 0 Å². The molecular formula is C13H16N2O4S. The van der Waals surface area contributed by atoms with Crippen LogP contribution in [0.3, 0.4) is 0 Å². The molecule has 7 heteroatoms. The molecule has 1 N–H and O–H groups in total. The maximum Gasteiger partial charge on any atom is 0.376 e. The maximum absolute atomic E-state index is 11.4. The first kappa shape index (κ1) is 14.8. The zero-order valence-electron chi connectivity index (χ0n) is 11.4. The average molecular weight is 296 g/mol. The number of aliphatic carboxylic acids is 1. The van der Waals surface area contributed by atoms with Crippen molar-refractivity contribution in [2.24, 2.45) is 5.41 Å². The summed E-state index contributed by atoms with van der Waals surface area (Å²) in [5, 5.41) is 9.56. The molecule has 1 saturated carbocycles. The molecule has 0 radical (unpaired) electrons. The van der Waals surface area contributed by atoms with E-state index >= 15 is 0 Å². The highest BCUT2D eigenvalue weighted by molar-refractivity contribution is 7.99. The van der Waals surface area contributed by atoms with Gasteiger partial charge in [0.15, 0.2) is 0 Å². The van der Waals surface area contributed by atoms with Gasteiger partial charge in [-0.15, -0.1) is 11.8 Å². The minimum absolute atomic E-state index is 0.0399. The van der Waals surface area contributed by atoms with Crippen LogP contribution in [0.4, 0.5) is 0 Å². The lowest BCUT2D eigenvalue weighted by molar-refractivity contribution is -0.138. The Bertz CT molecular complexity index is 543. The summed E-state index contributed by atoms with van der Waals surface area (Å²) in [5.74, 6) is -0.603. The zero-order valence-corrected chi connectivity index (χ0v) is 12.2. The quantitative estimate of drug-likeness (QED) is 0.487. The molecule has 0 saturated heterocycles. The standard InChI is InChI=1S/C13H16N2O4S/c1-8-5-9(15-11(14-8)12(18)19-2)20-7-13(3-4-13)6-10(16)17/h5H,3-4,6-7H2,1-2H3,(H,16,17). The minimum atomic E-state index is -0.766. The van der Waals surface area contributed by atoms with Crippen molar-refractivity contribution in [1.82, 2.24) is 9.97 Å². The van der Waals surface area contributed by atoms with Gasteiger partial charge in [-0.2, -0.15) is 0 Å². The summed E-state index contributed by atoms with van der Waals surface area (Å²) >= 11 is 1.47. The van der Waals surface area contributed by atoms with Crippen molar-refractivity contribution in [2.75, 3.05) is 12.9 Å². The number of rotatable bonds is 6. The van der Waals surface area contributed by atoms with Gasteiger partial charge in [-0.3, -0.25) is 4.79 Å². The SMILES string of the molecule is COC(=O)c1nc(C)cc(SCC2(CC(=O)O)CC2)n1. The number of aromatic nitrogens is 2. The summed E-state index contributed by atoms with van der Waals surface area (Å²) in [6.45, 7) is 1.78. The van der Waals surface area contributed by atoms with Crippen molar-refractivity contribution in [1.29, 1.82) is 0 Å². The van der Waals surface area contributed by atoms with E-state index < -0.39 is 11.9 Å². The van der Waals surface area contributed by atoms with Crippen molar-refractivity contribution < 1.29 is 19.4 Å². The van der Waals surface area contributed by atoms with Gasteiger partial charge >= 0.3 is 11.9 Å². The summed E-state index contributed by atoms with van der Waals surface area (Å²) in [6, 6.07) is 1.79. The van der Waals surface area contributed by atoms with E-state index in [4.69, 9.17) is 5.11 Å². The molecular weight excluding hydrogens is 280 g/mol. The number of carboxylic acids is 1. The number of hydrogen-bond acceptors (Lipinski definition) is 6. The Morgan fingerprint density at radius 1 is 1.45 bits per heavy atom. The Labute approximate surface area is 121 Å². The summed E-state index contributed by atoms with van der Waals surface area (Å²) in [6.07, 6.45) is 2.05. The molecule has 0 spiro atoms. The summed E-state index contributed by atoms with van der Waals surface area (Å²) < 4.78 is 4.61. The molecule has 0 unspecified atom stereocenters. The number of carbonyl (C=O) groups excluding carboxylic acids is 1. The van der Waals surface area contributed by atoms with Gasteiger partial charge in [0.2, 0.25) is 5.82 Å². The fourth-order valence-corrected chi connectivity index (χ4v) is 3.14. The largest absolute Gasteiger partial charge is 0.481 e. The third-order valence-electron chi connectivity index (χ3n) is 3.21. The van der Waals surface area contributed by atoms with Gasteiger partial charge < -0.3 is 9.84 Å². The highest BCUT2D eigenvalue weighted by atomic mass is 32.2. The van der Waals surface area contributed by atoms with Crippen LogP contribution in [0.1, 0.15) is 35.6 Å². The maximum atomic E-state index is 11.4. The molecule has 1 aliphatic rings. The number of carbonyl (C=O) groups is 2. The zero-order chi connectivity index (χ0) is 14.8. The van der Waals surface area contributed by atoms with E-state index in [2.05, 4.69) is 14.7 Å². The second kappa shape index (κ2) is 5.78. The number of methoxy groups -OCH3 is 1. The van der Waals surface area contributed by atoms with Gasteiger partial charge in [0.25, 0.3) is 0 Å². The molecule has 0 amide bonds. The van der Waals surface area contributed by atoms with Crippen LogP contribution in [0.25, 0.3) is 0 Å². The average Bonchev–Trinajstić information content (AvgIpc) is 3.14. The molecule has 20 heavy (non-hydrogen) atoms. The highest BCUT2D eigenvalue weighted by Gasteiger charge is 2.44. The fourth-order valence-electron chi connectivity index (χ4n) is 1.89. The number of hydrogen-bond donors (Lipinski definition) is 1. The van der Waals surface area contributed by atoms with Crippen molar-refractivity contribution in [2.45, 2.75) is 31.2 Å². The number of esters is 1. The molecule has 0 aliphatic heterocycles. The van der Waals surface area contributed by atoms with Crippen LogP contribution in [0.2, 0.25) is 0 Å². The Hall–Kier alpha value is -1.63. The van der Waals surface area contributed by atoms with Gasteiger partial charge in [-0.1, -0.05) is 0 Å². The van der Waals surface area contributed by atoms with E-state index in [0.29, 0.717) is 16.5 Å². The highest BCUT2D eigenvalue weighted by Crippen LogP contribution is 2.51. The Morgan fingerprint density at radius 2 is 2.15 bits per heavy atom. The number of aryl methyl sites for hydroxylation is 1. The lowest BCUT2D eigenvalue weighted by atomic mass is 10.1. The predicted octanol–water partition coefficient (Wildman–Crippen LogP) is 1.92. The first-order valence-electron chi connectivity index (χ1n) is 6.23. The summed E-state index contributed by atoms with van der Waals surface area (Å²) in [7, 11) is 1.28. The number of ether oxygens (including phenoxy) is 1. The third-order valence-corrected chi connectivity index (χ3v) is 4.47. The second-order valence-electron chi connectivity index (χ2n) is 5.02.